The quantitative estimate of drug-likeness (QED) is 0.357. The first-order chi connectivity index (χ1) is 18.0. The number of hydrogen-bond donors (Lipinski definition) is 2. The Kier molecular flexibility index (Phi) is 10.4. The van der Waals surface area contributed by atoms with E-state index in [-0.39, 0.29) is 30.8 Å². The Labute approximate surface area is 223 Å². The molecule has 1 aliphatic rings. The second kappa shape index (κ2) is 13.3. The van der Waals surface area contributed by atoms with Gasteiger partial charge in [0.05, 0.1) is 12.2 Å². The molecule has 1 aromatic heterocycles. The molecule has 1 aromatic carbocycles. The maximum absolute atomic E-state index is 13.0. The maximum atomic E-state index is 13.0. The van der Waals surface area contributed by atoms with Gasteiger partial charge in [-0.15, -0.1) is 0 Å². The molecule has 2 aromatic rings. The van der Waals surface area contributed by atoms with Crippen LogP contribution in [0.3, 0.4) is 0 Å². The van der Waals surface area contributed by atoms with E-state index in [0.717, 1.165) is 19.3 Å². The Morgan fingerprint density at radius 1 is 1.16 bits per heavy atom. The minimum Gasteiger partial charge on any atom is -0.491 e. The molecule has 0 spiro atoms. The highest BCUT2D eigenvalue weighted by Gasteiger charge is 2.32. The molecule has 1 aliphatic carbocycles. The van der Waals surface area contributed by atoms with Gasteiger partial charge in [-0.05, 0) is 31.0 Å². The highest BCUT2D eigenvalue weighted by atomic mass is 35.5. The first-order valence-electron chi connectivity index (χ1n) is 11.6. The minimum absolute atomic E-state index is 0.0394. The Balaban J connectivity index is 1.72. The molecule has 0 aliphatic heterocycles. The number of carbonyl (C=O) groups is 1. The average molecular weight is 582 g/mol. The van der Waals surface area contributed by atoms with Crippen LogP contribution in [0.25, 0.3) is 0 Å². The molecule has 0 radical (unpaired) electrons. The van der Waals surface area contributed by atoms with Gasteiger partial charge in [0.2, 0.25) is 5.88 Å². The standard InChI is InChI=1S/C23H27ClF3N3O7S/c1-34-9-10-35-18-8-7-15(13-29-22(31)37-38(32,33)30-17-5-3-2-4-6-17)20(12-18)36-21-19(24)11-16(14-28-21)23(25,26)27/h7-8,11-12,14,17,30H,2-6,9-10,13H2,1H3,(H,29,31). The van der Waals surface area contributed by atoms with Gasteiger partial charge >= 0.3 is 22.6 Å². The molecule has 0 saturated heterocycles. The van der Waals surface area contributed by atoms with Crippen LogP contribution in [0.4, 0.5) is 18.0 Å². The van der Waals surface area contributed by atoms with Crippen molar-refractivity contribution in [1.29, 1.82) is 0 Å². The van der Waals surface area contributed by atoms with Crippen molar-refractivity contribution in [1.82, 2.24) is 15.0 Å². The summed E-state index contributed by atoms with van der Waals surface area (Å²) in [6.45, 7) is 0.232. The SMILES string of the molecule is COCCOc1ccc(CNC(=O)OS(=O)(=O)NC2CCCCC2)c(Oc2ncc(C(F)(F)F)cc2Cl)c1. The van der Waals surface area contributed by atoms with Crippen LogP contribution >= 0.6 is 11.6 Å². The second-order valence-electron chi connectivity index (χ2n) is 8.35. The third-order valence-electron chi connectivity index (χ3n) is 5.46. The summed E-state index contributed by atoms with van der Waals surface area (Å²) in [5.74, 6) is 0.0417. The van der Waals surface area contributed by atoms with Crippen molar-refractivity contribution in [2.24, 2.45) is 0 Å². The van der Waals surface area contributed by atoms with E-state index in [1.54, 1.807) is 6.07 Å². The summed E-state index contributed by atoms with van der Waals surface area (Å²) < 4.78 is 86.2. The van der Waals surface area contributed by atoms with Crippen LogP contribution in [0, 0.1) is 0 Å². The molecule has 0 bridgehead atoms. The minimum atomic E-state index is -4.65. The Morgan fingerprint density at radius 3 is 2.55 bits per heavy atom. The highest BCUT2D eigenvalue weighted by Crippen LogP contribution is 2.36. The third-order valence-corrected chi connectivity index (χ3v) is 6.72. The molecule has 15 heteroatoms. The van der Waals surface area contributed by atoms with Crippen LogP contribution in [-0.4, -0.2) is 45.9 Å². The lowest BCUT2D eigenvalue weighted by Gasteiger charge is -2.21. The van der Waals surface area contributed by atoms with Crippen LogP contribution in [0.1, 0.15) is 43.2 Å². The fraction of sp³-hybridized carbons (Fsp3) is 0.478. The van der Waals surface area contributed by atoms with Gasteiger partial charge in [-0.1, -0.05) is 30.9 Å². The van der Waals surface area contributed by atoms with Gasteiger partial charge in [-0.3, -0.25) is 0 Å². The van der Waals surface area contributed by atoms with E-state index in [1.165, 1.54) is 19.2 Å². The maximum Gasteiger partial charge on any atom is 0.423 e. The van der Waals surface area contributed by atoms with E-state index in [4.69, 9.17) is 25.8 Å². The molecule has 1 fully saturated rings. The van der Waals surface area contributed by atoms with Gasteiger partial charge in [0.15, 0.2) is 0 Å². The summed E-state index contributed by atoms with van der Waals surface area (Å²) in [7, 11) is -2.83. The Hall–Kier alpha value is -2.81. The molecule has 1 heterocycles. The summed E-state index contributed by atoms with van der Waals surface area (Å²) in [6.07, 6.45) is -1.21. The zero-order valence-electron chi connectivity index (χ0n) is 20.3. The summed E-state index contributed by atoms with van der Waals surface area (Å²) in [5.41, 5.74) is -0.754. The lowest BCUT2D eigenvalue weighted by molar-refractivity contribution is -0.137. The second-order valence-corrected chi connectivity index (χ2v) is 10.1. The van der Waals surface area contributed by atoms with Gasteiger partial charge in [0.25, 0.3) is 0 Å². The summed E-state index contributed by atoms with van der Waals surface area (Å²) in [6, 6.07) is 4.84. The number of rotatable bonds is 11. The van der Waals surface area contributed by atoms with E-state index in [9.17, 15) is 26.4 Å². The molecule has 0 atom stereocenters. The van der Waals surface area contributed by atoms with Crippen LogP contribution in [0.2, 0.25) is 5.02 Å². The molecule has 2 N–H and O–H groups in total. The number of benzene rings is 1. The van der Waals surface area contributed by atoms with Gasteiger partial charge < -0.3 is 23.7 Å². The van der Waals surface area contributed by atoms with Crippen molar-refractivity contribution in [3.8, 4) is 17.4 Å². The third kappa shape index (κ3) is 9.19. The van der Waals surface area contributed by atoms with Crippen molar-refractivity contribution in [3.05, 3.63) is 46.6 Å². The molecule has 210 valence electrons. The first kappa shape index (κ1) is 29.7. The first-order valence-corrected chi connectivity index (χ1v) is 13.4. The molecule has 38 heavy (non-hydrogen) atoms. The predicted octanol–water partition coefficient (Wildman–Crippen LogP) is 4.96. The number of ether oxygens (including phenoxy) is 3. The van der Waals surface area contributed by atoms with E-state index in [0.29, 0.717) is 43.0 Å². The van der Waals surface area contributed by atoms with Gasteiger partial charge in [0.1, 0.15) is 23.1 Å². The van der Waals surface area contributed by atoms with E-state index < -0.39 is 33.2 Å². The molecule has 10 nitrogen and oxygen atoms in total. The van der Waals surface area contributed by atoms with Crippen molar-refractivity contribution in [2.75, 3.05) is 20.3 Å². The van der Waals surface area contributed by atoms with Crippen LogP contribution in [0.15, 0.2) is 30.5 Å². The molecule has 1 amide bonds. The zero-order valence-corrected chi connectivity index (χ0v) is 21.9. The van der Waals surface area contributed by atoms with Crippen LogP contribution < -0.4 is 19.5 Å². The number of aromatic nitrogens is 1. The van der Waals surface area contributed by atoms with Crippen LogP contribution in [-0.2, 0) is 31.9 Å². The van der Waals surface area contributed by atoms with E-state index >= 15 is 0 Å². The van der Waals surface area contributed by atoms with Gasteiger partial charge in [-0.2, -0.15) is 26.3 Å². The fourth-order valence-electron chi connectivity index (χ4n) is 3.61. The van der Waals surface area contributed by atoms with Gasteiger partial charge in [0, 0.05) is 37.5 Å². The number of halogens is 4. The lowest BCUT2D eigenvalue weighted by atomic mass is 9.96. The number of hydrogen-bond acceptors (Lipinski definition) is 8. The number of methoxy groups -OCH3 is 1. The topological polar surface area (TPSA) is 125 Å². The number of nitrogens with zero attached hydrogens (tertiary/aromatic N) is 1. The summed E-state index contributed by atoms with van der Waals surface area (Å²) >= 11 is 5.96. The summed E-state index contributed by atoms with van der Waals surface area (Å²) in [4.78, 5) is 15.8. The van der Waals surface area contributed by atoms with E-state index in [2.05, 4.69) is 19.2 Å². The van der Waals surface area contributed by atoms with Crippen molar-refractivity contribution in [3.63, 3.8) is 0 Å². The average Bonchev–Trinajstić information content (AvgIpc) is 2.84. The number of amides is 1. The van der Waals surface area contributed by atoms with Crippen molar-refractivity contribution < 1.29 is 44.8 Å². The predicted molar refractivity (Wildman–Crippen MR) is 130 cm³/mol. The smallest absolute Gasteiger partial charge is 0.423 e. The van der Waals surface area contributed by atoms with Gasteiger partial charge in [-0.25, -0.2) is 9.78 Å². The molecular formula is C23H27ClF3N3O7S. The van der Waals surface area contributed by atoms with Crippen LogP contribution in [0.5, 0.6) is 17.4 Å². The summed E-state index contributed by atoms with van der Waals surface area (Å²) in [5, 5.41) is 1.91. The Morgan fingerprint density at radius 2 is 1.89 bits per heavy atom. The number of alkyl halides is 3. The molecule has 0 unspecified atom stereocenters. The van der Waals surface area contributed by atoms with Crippen molar-refractivity contribution >= 4 is 28.0 Å². The monoisotopic (exact) mass is 581 g/mol. The zero-order chi connectivity index (χ0) is 27.8. The normalized spacial score (nSPS) is 14.7. The molecular weight excluding hydrogens is 555 g/mol. The fourth-order valence-corrected chi connectivity index (χ4v) is 4.77. The molecule has 3 rings (SSSR count). The lowest BCUT2D eigenvalue weighted by Crippen LogP contribution is -2.40. The number of pyridine rings is 1. The van der Waals surface area contributed by atoms with Crippen molar-refractivity contribution in [2.45, 2.75) is 50.9 Å². The number of carbonyl (C=O) groups excluding carboxylic acids is 1. The highest BCUT2D eigenvalue weighted by molar-refractivity contribution is 7.85. The Bertz CT molecular complexity index is 1210. The number of nitrogens with one attached hydrogen (secondary N) is 2. The van der Waals surface area contributed by atoms with E-state index in [1.807, 2.05) is 0 Å². The molecule has 1 saturated carbocycles. The largest absolute Gasteiger partial charge is 0.491 e.